The number of amides is 2. The highest BCUT2D eigenvalue weighted by Crippen LogP contribution is 2.32. The molecule has 120 valence electrons. The zero-order chi connectivity index (χ0) is 15.8. The van der Waals surface area contributed by atoms with Crippen molar-refractivity contribution in [3.8, 4) is 0 Å². The monoisotopic (exact) mass is 307 g/mol. The molecular formula is C15H21N3O4. The number of carbonyl (C=O) groups excluding carboxylic acids is 2. The normalized spacial score (nSPS) is 17.0. The van der Waals surface area contributed by atoms with Crippen LogP contribution in [0, 0.1) is 0 Å². The van der Waals surface area contributed by atoms with Crippen molar-refractivity contribution in [2.75, 3.05) is 32.8 Å². The van der Waals surface area contributed by atoms with Gasteiger partial charge in [0.1, 0.15) is 6.61 Å². The average molecular weight is 307 g/mol. The van der Waals surface area contributed by atoms with E-state index in [9.17, 15) is 14.7 Å². The standard InChI is InChI=1S/C15H21N3O4/c19-12-17-6-9-22-11-14(20)18-7-3-15(21,4-8-18)13-2-1-5-16-10-13/h1-2,5,10,12,21H,3-4,6-9,11H2,(H,17,19). The van der Waals surface area contributed by atoms with Crippen LogP contribution in [0.1, 0.15) is 18.4 Å². The molecule has 1 fully saturated rings. The molecule has 2 rings (SSSR count). The van der Waals surface area contributed by atoms with Gasteiger partial charge in [-0.15, -0.1) is 0 Å². The van der Waals surface area contributed by atoms with E-state index in [1.807, 2.05) is 6.07 Å². The highest BCUT2D eigenvalue weighted by molar-refractivity contribution is 5.77. The van der Waals surface area contributed by atoms with Crippen LogP contribution in [0.15, 0.2) is 24.5 Å². The number of aromatic nitrogens is 1. The molecule has 0 unspecified atom stereocenters. The van der Waals surface area contributed by atoms with Crippen LogP contribution in [0.25, 0.3) is 0 Å². The Morgan fingerprint density at radius 2 is 2.27 bits per heavy atom. The van der Waals surface area contributed by atoms with Gasteiger partial charge in [-0.05, 0) is 18.9 Å². The number of nitrogens with zero attached hydrogens (tertiary/aromatic N) is 2. The Kier molecular flexibility index (Phi) is 5.85. The third-order valence-electron chi connectivity index (χ3n) is 3.84. The predicted octanol–water partition coefficient (Wildman–Crippen LogP) is -0.346. The van der Waals surface area contributed by atoms with Crippen LogP contribution < -0.4 is 5.32 Å². The van der Waals surface area contributed by atoms with Crippen LogP contribution in [0.5, 0.6) is 0 Å². The third kappa shape index (κ3) is 4.25. The topological polar surface area (TPSA) is 91.8 Å². The van der Waals surface area contributed by atoms with Gasteiger partial charge in [0.2, 0.25) is 12.3 Å². The number of rotatable bonds is 7. The molecule has 0 spiro atoms. The number of nitrogens with one attached hydrogen (secondary N) is 1. The first-order chi connectivity index (χ1) is 10.7. The van der Waals surface area contributed by atoms with E-state index in [2.05, 4.69) is 10.3 Å². The van der Waals surface area contributed by atoms with Crippen LogP contribution in [0.3, 0.4) is 0 Å². The summed E-state index contributed by atoms with van der Waals surface area (Å²) in [5, 5.41) is 13.1. The number of ether oxygens (including phenoxy) is 1. The second kappa shape index (κ2) is 7.86. The summed E-state index contributed by atoms with van der Waals surface area (Å²) in [5.41, 5.74) is -0.127. The van der Waals surface area contributed by atoms with Gasteiger partial charge in [-0.3, -0.25) is 14.6 Å². The molecule has 0 saturated carbocycles. The van der Waals surface area contributed by atoms with Gasteiger partial charge in [-0.25, -0.2) is 0 Å². The van der Waals surface area contributed by atoms with Crippen molar-refractivity contribution in [1.82, 2.24) is 15.2 Å². The van der Waals surface area contributed by atoms with Gasteiger partial charge < -0.3 is 20.1 Å². The minimum Gasteiger partial charge on any atom is -0.385 e. The zero-order valence-electron chi connectivity index (χ0n) is 12.4. The predicted molar refractivity (Wildman–Crippen MR) is 78.8 cm³/mol. The Labute approximate surface area is 129 Å². The van der Waals surface area contributed by atoms with Crippen molar-refractivity contribution in [3.05, 3.63) is 30.1 Å². The molecule has 1 aliphatic heterocycles. The van der Waals surface area contributed by atoms with E-state index in [4.69, 9.17) is 4.74 Å². The highest BCUT2D eigenvalue weighted by Gasteiger charge is 2.35. The molecule has 1 aromatic rings. The first kappa shape index (κ1) is 16.4. The lowest BCUT2D eigenvalue weighted by atomic mass is 9.85. The van der Waals surface area contributed by atoms with Crippen molar-refractivity contribution >= 4 is 12.3 Å². The summed E-state index contributed by atoms with van der Waals surface area (Å²) in [4.78, 5) is 27.8. The number of hydrogen-bond acceptors (Lipinski definition) is 5. The molecule has 0 bridgehead atoms. The van der Waals surface area contributed by atoms with Crippen molar-refractivity contribution in [1.29, 1.82) is 0 Å². The van der Waals surface area contributed by atoms with E-state index >= 15 is 0 Å². The van der Waals surface area contributed by atoms with E-state index in [0.29, 0.717) is 45.5 Å². The van der Waals surface area contributed by atoms with Crippen LogP contribution >= 0.6 is 0 Å². The maximum Gasteiger partial charge on any atom is 0.248 e. The smallest absolute Gasteiger partial charge is 0.248 e. The second-order valence-corrected chi connectivity index (χ2v) is 5.28. The Morgan fingerprint density at radius 1 is 1.50 bits per heavy atom. The summed E-state index contributed by atoms with van der Waals surface area (Å²) < 4.78 is 5.20. The van der Waals surface area contributed by atoms with E-state index in [1.165, 1.54) is 0 Å². The Bertz CT molecular complexity index is 487. The van der Waals surface area contributed by atoms with Gasteiger partial charge in [-0.2, -0.15) is 0 Å². The highest BCUT2D eigenvalue weighted by atomic mass is 16.5. The van der Waals surface area contributed by atoms with Gasteiger partial charge in [0, 0.05) is 37.6 Å². The molecule has 0 aromatic carbocycles. The molecule has 0 atom stereocenters. The minimum atomic E-state index is -0.917. The SMILES string of the molecule is O=CNCCOCC(=O)N1CCC(O)(c2cccnc2)CC1. The molecule has 2 heterocycles. The number of likely N-dealkylation sites (tertiary alicyclic amines) is 1. The number of carbonyl (C=O) groups is 2. The first-order valence-corrected chi connectivity index (χ1v) is 7.31. The Morgan fingerprint density at radius 3 is 2.91 bits per heavy atom. The first-order valence-electron chi connectivity index (χ1n) is 7.31. The van der Waals surface area contributed by atoms with Crippen LogP contribution in [0.4, 0.5) is 0 Å². The Balaban J connectivity index is 1.77. The summed E-state index contributed by atoms with van der Waals surface area (Å²) >= 11 is 0. The minimum absolute atomic E-state index is 0.00808. The van der Waals surface area contributed by atoms with Crippen molar-refractivity contribution in [2.24, 2.45) is 0 Å². The lowest BCUT2D eigenvalue weighted by Crippen LogP contribution is -2.46. The van der Waals surface area contributed by atoms with Gasteiger partial charge in [0.05, 0.1) is 12.2 Å². The molecule has 2 N–H and O–H groups in total. The molecule has 22 heavy (non-hydrogen) atoms. The zero-order valence-corrected chi connectivity index (χ0v) is 12.4. The summed E-state index contributed by atoms with van der Waals surface area (Å²) in [6, 6.07) is 3.65. The molecule has 2 amide bonds. The van der Waals surface area contributed by atoms with E-state index in [1.54, 1.807) is 23.4 Å². The van der Waals surface area contributed by atoms with E-state index in [-0.39, 0.29) is 12.5 Å². The number of aliphatic hydroxyl groups is 1. The van der Waals surface area contributed by atoms with Gasteiger partial charge in [0.25, 0.3) is 0 Å². The number of piperidine rings is 1. The molecule has 0 radical (unpaired) electrons. The maximum atomic E-state index is 12.0. The molecule has 1 aliphatic rings. The van der Waals surface area contributed by atoms with Crippen molar-refractivity contribution < 1.29 is 19.4 Å². The fraction of sp³-hybridized carbons (Fsp3) is 0.533. The summed E-state index contributed by atoms with van der Waals surface area (Å²) in [6.07, 6.45) is 4.90. The quantitative estimate of drug-likeness (QED) is 0.531. The lowest BCUT2D eigenvalue weighted by molar-refractivity contribution is -0.140. The summed E-state index contributed by atoms with van der Waals surface area (Å²) in [6.45, 7) is 1.65. The van der Waals surface area contributed by atoms with Gasteiger partial charge in [0.15, 0.2) is 0 Å². The molecule has 7 heteroatoms. The van der Waals surface area contributed by atoms with Crippen molar-refractivity contribution in [2.45, 2.75) is 18.4 Å². The largest absolute Gasteiger partial charge is 0.385 e. The van der Waals surface area contributed by atoms with Crippen LogP contribution in [-0.2, 0) is 19.9 Å². The van der Waals surface area contributed by atoms with Gasteiger partial charge in [-0.1, -0.05) is 6.07 Å². The molecule has 0 aliphatic carbocycles. The van der Waals surface area contributed by atoms with E-state index < -0.39 is 5.60 Å². The molecule has 1 saturated heterocycles. The average Bonchev–Trinajstić information content (AvgIpc) is 2.56. The maximum absolute atomic E-state index is 12.0. The fourth-order valence-corrected chi connectivity index (χ4v) is 2.49. The lowest BCUT2D eigenvalue weighted by Gasteiger charge is -2.38. The summed E-state index contributed by atoms with van der Waals surface area (Å²) in [5.74, 6) is -0.0978. The Hall–Kier alpha value is -1.99. The fourth-order valence-electron chi connectivity index (χ4n) is 2.49. The molecular weight excluding hydrogens is 286 g/mol. The molecule has 7 nitrogen and oxygen atoms in total. The summed E-state index contributed by atoms with van der Waals surface area (Å²) in [7, 11) is 0. The number of hydrogen-bond donors (Lipinski definition) is 2. The van der Waals surface area contributed by atoms with Crippen molar-refractivity contribution in [3.63, 3.8) is 0 Å². The van der Waals surface area contributed by atoms with Crippen LogP contribution in [-0.4, -0.2) is 60.2 Å². The second-order valence-electron chi connectivity index (χ2n) is 5.28. The number of pyridine rings is 1. The van der Waals surface area contributed by atoms with Crippen LogP contribution in [0.2, 0.25) is 0 Å². The van der Waals surface area contributed by atoms with Gasteiger partial charge >= 0.3 is 0 Å². The third-order valence-corrected chi connectivity index (χ3v) is 3.84. The molecule has 1 aromatic heterocycles. The van der Waals surface area contributed by atoms with E-state index in [0.717, 1.165) is 5.56 Å².